The molecule has 0 atom stereocenters. The molecule has 5 nitrogen and oxygen atoms in total. The zero-order valence-electron chi connectivity index (χ0n) is 13.9. The van der Waals surface area contributed by atoms with E-state index in [0.29, 0.717) is 20.9 Å². The first kappa shape index (κ1) is 17.9. The third-order valence-corrected chi connectivity index (χ3v) is 5.08. The van der Waals surface area contributed by atoms with Crippen LogP contribution < -0.4 is 5.32 Å². The molecular weight excluding hydrogens is 379 g/mol. The second kappa shape index (κ2) is 7.15. The van der Waals surface area contributed by atoms with Crippen LogP contribution in [0.3, 0.4) is 0 Å². The molecule has 8 heteroatoms. The number of anilines is 1. The van der Waals surface area contributed by atoms with Gasteiger partial charge in [0.15, 0.2) is 10.8 Å². The molecule has 0 aliphatic heterocycles. The van der Waals surface area contributed by atoms with Crippen LogP contribution in [0.4, 0.5) is 5.13 Å². The van der Waals surface area contributed by atoms with Crippen LogP contribution in [-0.2, 0) is 0 Å². The van der Waals surface area contributed by atoms with Crippen molar-refractivity contribution in [2.45, 2.75) is 26.8 Å². The number of aryl methyl sites for hydroxylation is 1. The van der Waals surface area contributed by atoms with Gasteiger partial charge in [0.05, 0.1) is 15.7 Å². The third-order valence-electron chi connectivity index (χ3n) is 3.58. The quantitative estimate of drug-likeness (QED) is 0.639. The van der Waals surface area contributed by atoms with Crippen molar-refractivity contribution in [2.75, 3.05) is 5.32 Å². The number of halogens is 2. The summed E-state index contributed by atoms with van der Waals surface area (Å²) in [6, 6.07) is 7.27. The average Bonchev–Trinajstić information content (AvgIpc) is 3.17. The summed E-state index contributed by atoms with van der Waals surface area (Å²) in [7, 11) is 0. The van der Waals surface area contributed by atoms with Crippen molar-refractivity contribution in [2.24, 2.45) is 0 Å². The molecular formula is C17H16Cl2N4OS. The van der Waals surface area contributed by atoms with E-state index in [-0.39, 0.29) is 11.9 Å². The lowest BCUT2D eigenvalue weighted by molar-refractivity contribution is 0.102. The summed E-state index contributed by atoms with van der Waals surface area (Å²) in [6.07, 6.45) is 0. The molecule has 0 aliphatic rings. The van der Waals surface area contributed by atoms with Crippen LogP contribution in [0.1, 0.15) is 36.1 Å². The minimum absolute atomic E-state index is 0.197. The van der Waals surface area contributed by atoms with E-state index in [1.807, 2.05) is 36.9 Å². The van der Waals surface area contributed by atoms with Gasteiger partial charge < -0.3 is 0 Å². The Hall–Kier alpha value is -1.89. The number of amides is 1. The highest BCUT2D eigenvalue weighted by atomic mass is 35.5. The summed E-state index contributed by atoms with van der Waals surface area (Å²) < 4.78 is 1.82. The monoisotopic (exact) mass is 394 g/mol. The van der Waals surface area contributed by atoms with Gasteiger partial charge in [-0.2, -0.15) is 5.10 Å². The van der Waals surface area contributed by atoms with E-state index in [9.17, 15) is 4.79 Å². The van der Waals surface area contributed by atoms with Gasteiger partial charge in [-0.05, 0) is 39.0 Å². The number of aromatic nitrogens is 3. The maximum atomic E-state index is 12.4. The van der Waals surface area contributed by atoms with Gasteiger partial charge in [-0.15, -0.1) is 11.3 Å². The Balaban J connectivity index is 1.78. The molecule has 0 aliphatic carbocycles. The molecule has 0 unspecified atom stereocenters. The summed E-state index contributed by atoms with van der Waals surface area (Å²) in [5.74, 6) is -0.280. The molecule has 1 amide bonds. The highest BCUT2D eigenvalue weighted by molar-refractivity contribution is 7.14. The number of nitrogens with one attached hydrogen (secondary N) is 1. The maximum Gasteiger partial charge on any atom is 0.277 e. The van der Waals surface area contributed by atoms with Gasteiger partial charge in [0.1, 0.15) is 0 Å². The second-order valence-corrected chi connectivity index (χ2v) is 7.50. The second-order valence-electron chi connectivity index (χ2n) is 5.83. The third kappa shape index (κ3) is 3.86. The summed E-state index contributed by atoms with van der Waals surface area (Å²) in [5, 5.41) is 10.4. The summed E-state index contributed by atoms with van der Waals surface area (Å²) in [5.41, 5.74) is 2.88. The van der Waals surface area contributed by atoms with Gasteiger partial charge in [-0.3, -0.25) is 14.8 Å². The minimum atomic E-state index is -0.280. The van der Waals surface area contributed by atoms with E-state index < -0.39 is 0 Å². The van der Waals surface area contributed by atoms with Crippen molar-refractivity contribution >= 4 is 45.6 Å². The van der Waals surface area contributed by atoms with Crippen LogP contribution in [0.5, 0.6) is 0 Å². The Morgan fingerprint density at radius 2 is 2.00 bits per heavy atom. The Bertz CT molecular complexity index is 933. The molecule has 25 heavy (non-hydrogen) atoms. The van der Waals surface area contributed by atoms with Crippen LogP contribution in [0.25, 0.3) is 11.3 Å². The molecule has 3 aromatic rings. The van der Waals surface area contributed by atoms with Crippen LogP contribution >= 0.6 is 34.5 Å². The first-order valence-electron chi connectivity index (χ1n) is 7.63. The lowest BCUT2D eigenvalue weighted by atomic mass is 10.2. The molecule has 2 heterocycles. The van der Waals surface area contributed by atoms with E-state index in [0.717, 1.165) is 17.0 Å². The highest BCUT2D eigenvalue weighted by Gasteiger charge is 2.16. The standard InChI is InChI=1S/C17H16Cl2N4OS/c1-9(2)23-10(3)6-14(22-23)16(24)21-17-20-15(8-25-17)11-4-5-12(18)13(19)7-11/h4-9H,1-3H3,(H,20,21,24). The van der Waals surface area contributed by atoms with Crippen molar-refractivity contribution < 1.29 is 4.79 Å². The van der Waals surface area contributed by atoms with Crippen LogP contribution in [0.2, 0.25) is 10.0 Å². The van der Waals surface area contributed by atoms with Crippen molar-refractivity contribution in [1.29, 1.82) is 0 Å². The van der Waals surface area contributed by atoms with Gasteiger partial charge >= 0.3 is 0 Å². The van der Waals surface area contributed by atoms with Crippen LogP contribution in [0, 0.1) is 6.92 Å². The first-order chi connectivity index (χ1) is 11.8. The van der Waals surface area contributed by atoms with Crippen molar-refractivity contribution in [3.8, 4) is 11.3 Å². The number of nitrogens with zero attached hydrogens (tertiary/aromatic N) is 3. The fraction of sp³-hybridized carbons (Fsp3) is 0.235. The van der Waals surface area contributed by atoms with Crippen LogP contribution in [0.15, 0.2) is 29.6 Å². The smallest absolute Gasteiger partial charge is 0.277 e. The molecule has 3 rings (SSSR count). The molecule has 0 radical (unpaired) electrons. The predicted molar refractivity (Wildman–Crippen MR) is 103 cm³/mol. The topological polar surface area (TPSA) is 59.8 Å². The Kier molecular flexibility index (Phi) is 5.13. The zero-order chi connectivity index (χ0) is 18.1. The number of rotatable bonds is 4. The van der Waals surface area contributed by atoms with E-state index in [2.05, 4.69) is 15.4 Å². The lowest BCUT2D eigenvalue weighted by Crippen LogP contribution is -2.13. The predicted octanol–water partition coefficient (Wildman–Crippen LogP) is 5.46. The lowest BCUT2D eigenvalue weighted by Gasteiger charge is -2.06. The number of hydrogen-bond donors (Lipinski definition) is 1. The minimum Gasteiger partial charge on any atom is -0.296 e. The molecule has 0 saturated carbocycles. The Morgan fingerprint density at radius 3 is 2.64 bits per heavy atom. The van der Waals surface area contributed by atoms with Gasteiger partial charge in [0.2, 0.25) is 0 Å². The number of benzene rings is 1. The Morgan fingerprint density at radius 1 is 1.24 bits per heavy atom. The van der Waals surface area contributed by atoms with E-state index >= 15 is 0 Å². The number of thiazole rings is 1. The van der Waals surface area contributed by atoms with Crippen LogP contribution in [-0.4, -0.2) is 20.7 Å². The van der Waals surface area contributed by atoms with Crippen molar-refractivity contribution in [3.63, 3.8) is 0 Å². The zero-order valence-corrected chi connectivity index (χ0v) is 16.2. The Labute approximate surface area is 159 Å². The van der Waals surface area contributed by atoms with Gasteiger partial charge in [0, 0.05) is 22.7 Å². The van der Waals surface area contributed by atoms with E-state index in [1.54, 1.807) is 18.2 Å². The van der Waals surface area contributed by atoms with Gasteiger partial charge in [-0.25, -0.2) is 4.98 Å². The van der Waals surface area contributed by atoms with Gasteiger partial charge in [-0.1, -0.05) is 29.3 Å². The van der Waals surface area contributed by atoms with Crippen molar-refractivity contribution in [3.05, 3.63) is 51.1 Å². The van der Waals surface area contributed by atoms with Gasteiger partial charge in [0.25, 0.3) is 5.91 Å². The number of hydrogen-bond acceptors (Lipinski definition) is 4. The normalized spacial score (nSPS) is 11.1. The fourth-order valence-electron chi connectivity index (χ4n) is 2.40. The fourth-order valence-corrected chi connectivity index (χ4v) is 3.41. The molecule has 1 aromatic carbocycles. The molecule has 130 valence electrons. The molecule has 2 aromatic heterocycles. The molecule has 0 saturated heterocycles. The average molecular weight is 395 g/mol. The molecule has 1 N–H and O–H groups in total. The van der Waals surface area contributed by atoms with Crippen molar-refractivity contribution in [1.82, 2.24) is 14.8 Å². The molecule has 0 fully saturated rings. The molecule has 0 spiro atoms. The number of carbonyl (C=O) groups excluding carboxylic acids is 1. The summed E-state index contributed by atoms with van der Waals surface area (Å²) in [4.78, 5) is 16.8. The first-order valence-corrected chi connectivity index (χ1v) is 9.27. The highest BCUT2D eigenvalue weighted by Crippen LogP contribution is 2.30. The maximum absolute atomic E-state index is 12.4. The van der Waals surface area contributed by atoms with E-state index in [1.165, 1.54) is 11.3 Å². The van der Waals surface area contributed by atoms with E-state index in [4.69, 9.17) is 23.2 Å². The SMILES string of the molecule is Cc1cc(C(=O)Nc2nc(-c3ccc(Cl)c(Cl)c3)cs2)nn1C(C)C. The molecule has 0 bridgehead atoms. The summed E-state index contributed by atoms with van der Waals surface area (Å²) in [6.45, 7) is 5.97. The summed E-state index contributed by atoms with van der Waals surface area (Å²) >= 11 is 13.3. The largest absolute Gasteiger partial charge is 0.296 e. The number of carbonyl (C=O) groups is 1.